The molecule has 2 aromatic heterocycles. The molecule has 8 nitrogen and oxygen atoms in total. The zero-order chi connectivity index (χ0) is 20.4. The van der Waals surface area contributed by atoms with Crippen molar-refractivity contribution in [2.45, 2.75) is 6.92 Å². The van der Waals surface area contributed by atoms with Gasteiger partial charge in [-0.2, -0.15) is 5.10 Å². The number of nitrogens with zero attached hydrogens (tertiary/aromatic N) is 3. The molecule has 2 heterocycles. The molecule has 29 heavy (non-hydrogen) atoms. The number of hydrogen-bond donors (Lipinski definition) is 3. The lowest BCUT2D eigenvalue weighted by Gasteiger charge is -2.02. The highest BCUT2D eigenvalue weighted by atomic mass is 79.9. The number of hydrogen-bond acceptors (Lipinski definition) is 5. The average Bonchev–Trinajstić information content (AvgIpc) is 3.32. The summed E-state index contributed by atoms with van der Waals surface area (Å²) in [4.78, 5) is 15.2. The van der Waals surface area contributed by atoms with Gasteiger partial charge in [0.25, 0.3) is 0 Å². The summed E-state index contributed by atoms with van der Waals surface area (Å²) in [5.74, 6) is 0.00910. The van der Waals surface area contributed by atoms with Crippen LogP contribution in [0.25, 0.3) is 22.2 Å². The van der Waals surface area contributed by atoms with E-state index >= 15 is 0 Å². The monoisotopic (exact) mass is 453 g/mol. The fraction of sp³-hybridized carbons (Fsp3) is 0.100. The molecule has 0 unspecified atom stereocenters. The van der Waals surface area contributed by atoms with Crippen LogP contribution < -0.4 is 4.74 Å². The third-order valence-electron chi connectivity index (χ3n) is 4.22. The van der Waals surface area contributed by atoms with E-state index in [1.807, 2.05) is 37.3 Å². The van der Waals surface area contributed by atoms with E-state index in [0.29, 0.717) is 23.2 Å². The predicted octanol–water partition coefficient (Wildman–Crippen LogP) is 5.35. The van der Waals surface area contributed by atoms with Crippen molar-refractivity contribution in [3.63, 3.8) is 0 Å². The van der Waals surface area contributed by atoms with Crippen LogP contribution in [0.4, 0.5) is 5.69 Å². The molecule has 9 heteroatoms. The molecule has 3 N–H and O–H groups in total. The number of H-pyrrole nitrogens is 2. The fourth-order valence-electron chi connectivity index (χ4n) is 2.85. The molecular weight excluding hydrogens is 438 g/mol. The number of ether oxygens (including phenoxy) is 1. The number of rotatable bonds is 5. The molecule has 0 spiro atoms. The number of amides is 1. The molecule has 0 fully saturated rings. The van der Waals surface area contributed by atoms with Crippen molar-refractivity contribution in [1.29, 1.82) is 0 Å². The number of carbonyl (C=O) groups excluding carboxylic acids is 1. The summed E-state index contributed by atoms with van der Waals surface area (Å²) < 4.78 is 6.24. The Balaban J connectivity index is 1.55. The van der Waals surface area contributed by atoms with Gasteiger partial charge < -0.3 is 14.8 Å². The Morgan fingerprint density at radius 2 is 2.00 bits per heavy atom. The van der Waals surface area contributed by atoms with Crippen molar-refractivity contribution in [1.82, 2.24) is 15.2 Å². The van der Waals surface area contributed by atoms with Gasteiger partial charge in [0, 0.05) is 15.4 Å². The first-order valence-corrected chi connectivity index (χ1v) is 9.59. The summed E-state index contributed by atoms with van der Waals surface area (Å²) in [7, 11) is 0. The van der Waals surface area contributed by atoms with Gasteiger partial charge in [0.05, 0.1) is 17.8 Å². The minimum absolute atomic E-state index is 0.158. The van der Waals surface area contributed by atoms with E-state index in [9.17, 15) is 9.90 Å². The predicted molar refractivity (Wildman–Crippen MR) is 112 cm³/mol. The van der Waals surface area contributed by atoms with Crippen LogP contribution in [0.1, 0.15) is 17.4 Å². The maximum Gasteiger partial charge on any atom is 0.313 e. The molecule has 1 amide bonds. The van der Waals surface area contributed by atoms with E-state index in [2.05, 4.69) is 41.3 Å². The smallest absolute Gasteiger partial charge is 0.313 e. The number of aromatic amines is 2. The minimum Gasteiger partial charge on any atom is -0.494 e. The number of aromatic nitrogens is 3. The number of aromatic hydroxyl groups is 1. The Hall–Kier alpha value is -3.46. The Bertz CT molecular complexity index is 1210. The Morgan fingerprint density at radius 1 is 1.21 bits per heavy atom. The molecular formula is C20H16BrN5O3. The number of fused-ring (bicyclic) bond motifs is 1. The molecule has 0 aliphatic carbocycles. The van der Waals surface area contributed by atoms with Gasteiger partial charge in [0.15, 0.2) is 5.69 Å². The largest absolute Gasteiger partial charge is 0.494 e. The van der Waals surface area contributed by atoms with Gasteiger partial charge in [-0.05, 0) is 55.5 Å². The van der Waals surface area contributed by atoms with E-state index < -0.39 is 5.91 Å². The van der Waals surface area contributed by atoms with Crippen molar-refractivity contribution < 1.29 is 14.6 Å². The number of benzene rings is 2. The average molecular weight is 454 g/mol. The summed E-state index contributed by atoms with van der Waals surface area (Å²) in [5.41, 5.74) is 2.51. The van der Waals surface area contributed by atoms with Gasteiger partial charge in [-0.1, -0.05) is 15.9 Å². The quantitative estimate of drug-likeness (QED) is 0.353. The highest BCUT2D eigenvalue weighted by Gasteiger charge is 2.14. The van der Waals surface area contributed by atoms with E-state index in [1.165, 1.54) is 0 Å². The van der Waals surface area contributed by atoms with Crippen LogP contribution in [0.2, 0.25) is 0 Å². The Kier molecular flexibility index (Phi) is 5.13. The van der Waals surface area contributed by atoms with Crippen molar-refractivity contribution in [2.24, 2.45) is 10.2 Å². The van der Waals surface area contributed by atoms with Crippen LogP contribution >= 0.6 is 15.9 Å². The second-order valence-corrected chi connectivity index (χ2v) is 7.06. The number of carbonyl (C=O) groups is 1. The van der Waals surface area contributed by atoms with Gasteiger partial charge >= 0.3 is 5.91 Å². The van der Waals surface area contributed by atoms with Crippen LogP contribution in [0, 0.1) is 0 Å². The zero-order valence-electron chi connectivity index (χ0n) is 15.3. The highest BCUT2D eigenvalue weighted by Crippen LogP contribution is 2.36. The molecule has 4 aromatic rings. The van der Waals surface area contributed by atoms with Crippen molar-refractivity contribution in [3.05, 3.63) is 58.7 Å². The van der Waals surface area contributed by atoms with Crippen molar-refractivity contribution >= 4 is 38.4 Å². The van der Waals surface area contributed by atoms with E-state index in [-0.39, 0.29) is 17.3 Å². The standard InChI is InChI=1S/C20H16BrN5O3/c1-2-29-13-6-3-11(4-7-13)16-10-17(24-23-16)19(27)26-25-18-14-9-12(21)5-8-15(14)22-20(18)28/h3-10,22,28H,2H2,1H3,(H,23,24). The highest BCUT2D eigenvalue weighted by molar-refractivity contribution is 9.10. The fourth-order valence-corrected chi connectivity index (χ4v) is 3.22. The first-order valence-electron chi connectivity index (χ1n) is 8.80. The lowest BCUT2D eigenvalue weighted by molar-refractivity contribution is 0.0990. The van der Waals surface area contributed by atoms with E-state index in [1.54, 1.807) is 18.2 Å². The second kappa shape index (κ2) is 7.88. The maximum atomic E-state index is 12.4. The summed E-state index contributed by atoms with van der Waals surface area (Å²) in [6.07, 6.45) is 0. The number of azo groups is 1. The molecule has 0 radical (unpaired) electrons. The summed E-state index contributed by atoms with van der Waals surface area (Å²) in [6, 6.07) is 14.4. The second-order valence-electron chi connectivity index (χ2n) is 6.14. The van der Waals surface area contributed by atoms with Gasteiger partial charge in [0.2, 0.25) is 5.88 Å². The Labute approximate surface area is 173 Å². The van der Waals surface area contributed by atoms with Crippen LogP contribution in [0.3, 0.4) is 0 Å². The van der Waals surface area contributed by atoms with Crippen LogP contribution in [-0.2, 0) is 0 Å². The van der Waals surface area contributed by atoms with Gasteiger partial charge in [0.1, 0.15) is 11.4 Å². The number of halogens is 1. The molecule has 0 saturated heterocycles. The topological polar surface area (TPSA) is 116 Å². The minimum atomic E-state index is -0.599. The SMILES string of the molecule is CCOc1ccc(-c2cc(C(=O)N=Nc3c(O)[nH]c4ccc(Br)cc34)[nH]n2)cc1. The summed E-state index contributed by atoms with van der Waals surface area (Å²) in [5, 5.41) is 25.2. The van der Waals surface area contributed by atoms with Gasteiger partial charge in [-0.3, -0.25) is 9.89 Å². The zero-order valence-corrected chi connectivity index (χ0v) is 16.9. The first kappa shape index (κ1) is 18.9. The molecule has 0 atom stereocenters. The lowest BCUT2D eigenvalue weighted by atomic mass is 10.1. The molecule has 0 bridgehead atoms. The molecule has 2 aromatic carbocycles. The summed E-state index contributed by atoms with van der Waals surface area (Å²) >= 11 is 3.37. The van der Waals surface area contributed by atoms with Crippen LogP contribution in [0.5, 0.6) is 11.6 Å². The van der Waals surface area contributed by atoms with E-state index in [4.69, 9.17) is 4.74 Å². The van der Waals surface area contributed by atoms with E-state index in [0.717, 1.165) is 15.8 Å². The normalized spacial score (nSPS) is 11.4. The first-order chi connectivity index (χ1) is 14.0. The van der Waals surface area contributed by atoms with Crippen LogP contribution in [0.15, 0.2) is 63.2 Å². The lowest BCUT2D eigenvalue weighted by Crippen LogP contribution is -1.93. The molecule has 0 saturated carbocycles. The molecule has 146 valence electrons. The number of nitrogens with one attached hydrogen (secondary N) is 2. The Morgan fingerprint density at radius 3 is 2.76 bits per heavy atom. The van der Waals surface area contributed by atoms with Crippen molar-refractivity contribution in [3.8, 4) is 22.9 Å². The van der Waals surface area contributed by atoms with Gasteiger partial charge in [-0.25, -0.2) is 0 Å². The third-order valence-corrected chi connectivity index (χ3v) is 4.72. The summed E-state index contributed by atoms with van der Waals surface area (Å²) in [6.45, 7) is 2.51. The third kappa shape index (κ3) is 3.90. The molecule has 0 aliphatic rings. The maximum absolute atomic E-state index is 12.4. The van der Waals surface area contributed by atoms with Crippen molar-refractivity contribution in [2.75, 3.05) is 6.61 Å². The van der Waals surface area contributed by atoms with Gasteiger partial charge in [-0.15, -0.1) is 10.2 Å². The van der Waals surface area contributed by atoms with Crippen LogP contribution in [-0.4, -0.2) is 32.8 Å². The molecule has 0 aliphatic heterocycles. The molecule has 4 rings (SSSR count).